The van der Waals surface area contributed by atoms with Gasteiger partial charge in [-0.1, -0.05) is 17.7 Å². The molecular formula is C20H25N3O4. The number of aryl methyl sites for hydroxylation is 1. The third-order valence-electron chi connectivity index (χ3n) is 5.08. The highest BCUT2D eigenvalue weighted by Crippen LogP contribution is 2.25. The molecule has 1 aliphatic rings. The maximum atomic E-state index is 12.7. The molecule has 3 rings (SSSR count). The zero-order valence-corrected chi connectivity index (χ0v) is 15.9. The number of carbonyl (C=O) groups is 2. The average molecular weight is 371 g/mol. The number of carboxylic acid groups (broad SMARTS) is 1. The van der Waals surface area contributed by atoms with E-state index in [4.69, 9.17) is 9.84 Å². The van der Waals surface area contributed by atoms with Gasteiger partial charge in [0.1, 0.15) is 11.3 Å². The Morgan fingerprint density at radius 3 is 2.37 bits per heavy atom. The minimum Gasteiger partial charge on any atom is -0.481 e. The Bertz CT molecular complexity index is 820. The minimum atomic E-state index is -0.964. The van der Waals surface area contributed by atoms with E-state index in [-0.39, 0.29) is 17.5 Å². The van der Waals surface area contributed by atoms with Gasteiger partial charge in [-0.2, -0.15) is 5.10 Å². The van der Waals surface area contributed by atoms with Crippen molar-refractivity contribution in [1.82, 2.24) is 14.7 Å². The molecule has 144 valence electrons. The SMILES string of the molecule is Cc1ccc(OC(C)C(=O)N2CCC(n3ncc(C(=O)O)c3C)CC2)cc1. The average Bonchev–Trinajstić information content (AvgIpc) is 3.05. The van der Waals surface area contributed by atoms with Crippen LogP contribution in [0, 0.1) is 13.8 Å². The fourth-order valence-electron chi connectivity index (χ4n) is 3.46. The van der Waals surface area contributed by atoms with E-state index >= 15 is 0 Å². The van der Waals surface area contributed by atoms with E-state index in [1.165, 1.54) is 6.20 Å². The number of likely N-dealkylation sites (tertiary alicyclic amines) is 1. The van der Waals surface area contributed by atoms with Gasteiger partial charge in [-0.15, -0.1) is 0 Å². The molecule has 1 N–H and O–H groups in total. The van der Waals surface area contributed by atoms with Crippen LogP contribution in [0.5, 0.6) is 5.75 Å². The van der Waals surface area contributed by atoms with E-state index < -0.39 is 12.1 Å². The van der Waals surface area contributed by atoms with Crippen LogP contribution < -0.4 is 4.74 Å². The monoisotopic (exact) mass is 371 g/mol. The van der Waals surface area contributed by atoms with Crippen LogP contribution in [0.25, 0.3) is 0 Å². The van der Waals surface area contributed by atoms with Gasteiger partial charge in [0.05, 0.1) is 17.9 Å². The number of carboxylic acids is 1. The van der Waals surface area contributed by atoms with Crippen molar-refractivity contribution >= 4 is 11.9 Å². The van der Waals surface area contributed by atoms with Crippen molar-refractivity contribution < 1.29 is 19.4 Å². The summed E-state index contributed by atoms with van der Waals surface area (Å²) in [6.07, 6.45) is 2.33. The standard InChI is InChI=1S/C20H25N3O4/c1-13-4-6-17(7-5-13)27-15(3)19(24)22-10-8-16(9-11-22)23-14(2)18(12-21-23)20(25)26/h4-7,12,15-16H,8-11H2,1-3H3,(H,25,26). The molecule has 1 fully saturated rings. The van der Waals surface area contributed by atoms with Crippen molar-refractivity contribution in [3.05, 3.63) is 47.3 Å². The summed E-state index contributed by atoms with van der Waals surface area (Å²) in [5.74, 6) is -0.310. The maximum absolute atomic E-state index is 12.7. The van der Waals surface area contributed by atoms with Crippen molar-refractivity contribution in [1.29, 1.82) is 0 Å². The van der Waals surface area contributed by atoms with Crippen LogP contribution in [-0.4, -0.2) is 50.9 Å². The number of nitrogens with zero attached hydrogens (tertiary/aromatic N) is 3. The molecule has 1 unspecified atom stereocenters. The Morgan fingerprint density at radius 1 is 1.19 bits per heavy atom. The van der Waals surface area contributed by atoms with Crippen LogP contribution in [0.15, 0.2) is 30.5 Å². The fourth-order valence-corrected chi connectivity index (χ4v) is 3.46. The van der Waals surface area contributed by atoms with Gasteiger partial charge in [-0.3, -0.25) is 9.48 Å². The molecule has 7 nitrogen and oxygen atoms in total. The normalized spacial score (nSPS) is 16.2. The van der Waals surface area contributed by atoms with E-state index in [0.717, 1.165) is 18.4 Å². The van der Waals surface area contributed by atoms with Gasteiger partial charge in [0.25, 0.3) is 5.91 Å². The minimum absolute atomic E-state index is 0.0302. The van der Waals surface area contributed by atoms with Crippen LogP contribution >= 0.6 is 0 Å². The Morgan fingerprint density at radius 2 is 1.81 bits per heavy atom. The highest BCUT2D eigenvalue weighted by atomic mass is 16.5. The summed E-state index contributed by atoms with van der Waals surface area (Å²) in [7, 11) is 0. The van der Waals surface area contributed by atoms with Gasteiger partial charge in [0, 0.05) is 13.1 Å². The molecule has 2 aromatic rings. The van der Waals surface area contributed by atoms with E-state index in [1.54, 1.807) is 18.5 Å². The largest absolute Gasteiger partial charge is 0.481 e. The Kier molecular flexibility index (Phi) is 5.48. The smallest absolute Gasteiger partial charge is 0.339 e. The van der Waals surface area contributed by atoms with Crippen LogP contribution in [0.3, 0.4) is 0 Å². The van der Waals surface area contributed by atoms with Gasteiger partial charge in [0.2, 0.25) is 0 Å². The van der Waals surface area contributed by atoms with Gasteiger partial charge < -0.3 is 14.7 Å². The zero-order chi connectivity index (χ0) is 19.6. The molecule has 1 aliphatic heterocycles. The fraction of sp³-hybridized carbons (Fsp3) is 0.450. The van der Waals surface area contributed by atoms with E-state index in [0.29, 0.717) is 24.5 Å². The van der Waals surface area contributed by atoms with Crippen molar-refractivity contribution in [2.24, 2.45) is 0 Å². The van der Waals surface area contributed by atoms with Crippen molar-refractivity contribution in [3.63, 3.8) is 0 Å². The molecule has 0 radical (unpaired) electrons. The number of benzene rings is 1. The van der Waals surface area contributed by atoms with E-state index in [2.05, 4.69) is 5.10 Å². The first-order valence-corrected chi connectivity index (χ1v) is 9.16. The molecule has 0 aliphatic carbocycles. The quantitative estimate of drug-likeness (QED) is 0.874. The third kappa shape index (κ3) is 4.13. The summed E-state index contributed by atoms with van der Waals surface area (Å²) < 4.78 is 7.55. The second-order valence-corrected chi connectivity index (χ2v) is 7.02. The molecule has 27 heavy (non-hydrogen) atoms. The van der Waals surface area contributed by atoms with Gasteiger partial charge in [0.15, 0.2) is 6.10 Å². The topological polar surface area (TPSA) is 84.7 Å². The van der Waals surface area contributed by atoms with Crippen molar-refractivity contribution in [3.8, 4) is 5.75 Å². The molecule has 1 aromatic heterocycles. The van der Waals surface area contributed by atoms with Crippen molar-refractivity contribution in [2.75, 3.05) is 13.1 Å². The second kappa shape index (κ2) is 7.82. The highest BCUT2D eigenvalue weighted by molar-refractivity contribution is 5.88. The summed E-state index contributed by atoms with van der Waals surface area (Å²) in [4.78, 5) is 25.7. The summed E-state index contributed by atoms with van der Waals surface area (Å²) in [5.41, 5.74) is 2.03. The van der Waals surface area contributed by atoms with E-state index in [9.17, 15) is 9.59 Å². The lowest BCUT2D eigenvalue weighted by Gasteiger charge is -2.34. The van der Waals surface area contributed by atoms with Crippen LogP contribution in [0.4, 0.5) is 0 Å². The van der Waals surface area contributed by atoms with Gasteiger partial charge in [-0.05, 0) is 45.7 Å². The molecule has 7 heteroatoms. The summed E-state index contributed by atoms with van der Waals surface area (Å²) in [6.45, 7) is 6.75. The lowest BCUT2D eigenvalue weighted by molar-refractivity contribution is -0.139. The molecule has 1 saturated heterocycles. The number of hydrogen-bond donors (Lipinski definition) is 1. The number of carbonyl (C=O) groups excluding carboxylic acids is 1. The summed E-state index contributed by atoms with van der Waals surface area (Å²) in [5, 5.41) is 13.4. The van der Waals surface area contributed by atoms with Crippen LogP contribution in [0.2, 0.25) is 0 Å². The number of rotatable bonds is 5. The highest BCUT2D eigenvalue weighted by Gasteiger charge is 2.29. The lowest BCUT2D eigenvalue weighted by Crippen LogP contribution is -2.45. The summed E-state index contributed by atoms with van der Waals surface area (Å²) >= 11 is 0. The van der Waals surface area contributed by atoms with Crippen LogP contribution in [-0.2, 0) is 4.79 Å². The van der Waals surface area contributed by atoms with Gasteiger partial charge in [-0.25, -0.2) is 4.79 Å². The summed E-state index contributed by atoms with van der Waals surface area (Å²) in [6, 6.07) is 7.75. The Balaban J connectivity index is 1.57. The predicted octanol–water partition coefficient (Wildman–Crippen LogP) is 2.83. The molecule has 0 bridgehead atoms. The predicted molar refractivity (Wildman–Crippen MR) is 100 cm³/mol. The number of ether oxygens (including phenoxy) is 1. The van der Waals surface area contributed by atoms with Crippen molar-refractivity contribution in [2.45, 2.75) is 45.8 Å². The van der Waals surface area contributed by atoms with E-state index in [1.807, 2.05) is 36.1 Å². The number of amides is 1. The number of aromatic carboxylic acids is 1. The molecule has 1 aromatic carbocycles. The first-order chi connectivity index (χ1) is 12.9. The zero-order valence-electron chi connectivity index (χ0n) is 15.9. The molecule has 1 amide bonds. The number of hydrogen-bond acceptors (Lipinski definition) is 4. The third-order valence-corrected chi connectivity index (χ3v) is 5.08. The first-order valence-electron chi connectivity index (χ1n) is 9.16. The Hall–Kier alpha value is -2.83. The molecule has 0 spiro atoms. The van der Waals surface area contributed by atoms with Gasteiger partial charge >= 0.3 is 5.97 Å². The maximum Gasteiger partial charge on any atom is 0.339 e. The Labute approximate surface area is 158 Å². The molecular weight excluding hydrogens is 346 g/mol. The molecule has 2 heterocycles. The first kappa shape index (κ1) is 18.9. The lowest BCUT2D eigenvalue weighted by atomic mass is 10.0. The number of piperidine rings is 1. The number of aromatic nitrogens is 2. The van der Waals surface area contributed by atoms with Crippen LogP contribution in [0.1, 0.15) is 47.4 Å². The molecule has 1 atom stereocenters. The molecule has 0 saturated carbocycles. The second-order valence-electron chi connectivity index (χ2n) is 7.02.